The maximum Gasteiger partial charge on any atom is 0.262 e. The lowest BCUT2D eigenvalue weighted by Crippen LogP contribution is -2.35. The van der Waals surface area contributed by atoms with E-state index in [0.29, 0.717) is 29.5 Å². The highest BCUT2D eigenvalue weighted by molar-refractivity contribution is 5.90. The van der Waals surface area contributed by atoms with Gasteiger partial charge in [0.15, 0.2) is 17.6 Å². The van der Waals surface area contributed by atoms with Crippen molar-refractivity contribution >= 4 is 28.6 Å². The minimum absolute atomic E-state index is 0.141. The lowest BCUT2D eigenvalue weighted by atomic mass is 10.1. The molecule has 1 unspecified atom stereocenters. The van der Waals surface area contributed by atoms with E-state index in [2.05, 4.69) is 16.0 Å². The second kappa shape index (κ2) is 9.14. The Hall–Kier alpha value is -3.79. The van der Waals surface area contributed by atoms with Crippen LogP contribution in [0.1, 0.15) is 25.2 Å². The van der Waals surface area contributed by atoms with E-state index < -0.39 is 6.10 Å². The topological polar surface area (TPSA) is 91.2 Å². The first-order valence-corrected chi connectivity index (χ1v) is 9.64. The zero-order valence-corrected chi connectivity index (χ0v) is 17.5. The number of para-hydroxylation sites is 2. The number of hydrogen-bond acceptors (Lipinski definition) is 5. The van der Waals surface area contributed by atoms with Crippen molar-refractivity contribution in [3.63, 3.8) is 0 Å². The quantitative estimate of drug-likeness (QED) is 0.604. The Morgan fingerprint density at radius 3 is 2.70 bits per heavy atom. The number of carbonyl (C=O) groups is 1. The highest BCUT2D eigenvalue weighted by atomic mass is 16.5. The molecule has 30 heavy (non-hydrogen) atoms. The van der Waals surface area contributed by atoms with E-state index in [1.54, 1.807) is 39.2 Å². The molecular formula is C23H24N4O3. The first kappa shape index (κ1) is 20.9. The van der Waals surface area contributed by atoms with Crippen LogP contribution in [-0.2, 0) is 4.79 Å². The van der Waals surface area contributed by atoms with E-state index in [-0.39, 0.29) is 5.91 Å². The molecule has 1 N–H and O–H groups in total. The summed E-state index contributed by atoms with van der Waals surface area (Å²) in [4.78, 5) is 21.2. The third-order valence-electron chi connectivity index (χ3n) is 4.44. The van der Waals surface area contributed by atoms with Crippen LogP contribution in [0.3, 0.4) is 0 Å². The fraction of sp³-hybridized carbons (Fsp3) is 0.261. The fourth-order valence-corrected chi connectivity index (χ4v) is 2.99. The lowest BCUT2D eigenvalue weighted by molar-refractivity contribution is -0.135. The number of hydrogen-bond donors (Lipinski definition) is 1. The Labute approximate surface area is 175 Å². The highest BCUT2D eigenvalue weighted by Crippen LogP contribution is 2.31. The van der Waals surface area contributed by atoms with E-state index in [1.807, 2.05) is 37.3 Å². The number of ether oxygens (including phenoxy) is 2. The molecule has 0 aliphatic carbocycles. The molecule has 154 valence electrons. The molecular weight excluding hydrogens is 380 g/mol. The minimum atomic E-state index is -0.647. The van der Waals surface area contributed by atoms with E-state index in [0.717, 1.165) is 16.6 Å². The van der Waals surface area contributed by atoms with Crippen molar-refractivity contribution in [1.29, 1.82) is 5.26 Å². The second-order valence-electron chi connectivity index (χ2n) is 6.90. The van der Waals surface area contributed by atoms with E-state index in [9.17, 15) is 10.1 Å². The molecule has 3 rings (SSSR count). The molecule has 1 aromatic heterocycles. The standard InChI is InChI=1S/C23H24N4O3/c1-5-29-21-13-16(10-11-20(21)30-15(2)23(28)27(3)4)12-17(14-24)22-25-18-8-6-7-9-19(18)26-22/h6-13,15H,5H2,1-4H3,(H,25,26)/b17-12+. The van der Waals surface area contributed by atoms with E-state index >= 15 is 0 Å². The van der Waals surface area contributed by atoms with Gasteiger partial charge in [-0.25, -0.2) is 4.98 Å². The number of aromatic nitrogens is 2. The Bertz CT molecular complexity index is 1090. The van der Waals surface area contributed by atoms with Crippen LogP contribution >= 0.6 is 0 Å². The van der Waals surface area contributed by atoms with Crippen molar-refractivity contribution in [2.45, 2.75) is 20.0 Å². The SMILES string of the molecule is CCOc1cc(/C=C(\C#N)c2nc3ccccc3[nH]2)ccc1OC(C)C(=O)N(C)C. The number of nitriles is 1. The highest BCUT2D eigenvalue weighted by Gasteiger charge is 2.19. The largest absolute Gasteiger partial charge is 0.490 e. The molecule has 2 aromatic carbocycles. The normalized spacial score (nSPS) is 12.3. The van der Waals surface area contributed by atoms with Gasteiger partial charge in [-0.15, -0.1) is 0 Å². The van der Waals surface area contributed by atoms with Gasteiger partial charge in [-0.1, -0.05) is 18.2 Å². The molecule has 0 fully saturated rings. The van der Waals surface area contributed by atoms with Gasteiger partial charge in [0, 0.05) is 14.1 Å². The van der Waals surface area contributed by atoms with Gasteiger partial charge in [-0.2, -0.15) is 5.26 Å². The van der Waals surface area contributed by atoms with Crippen molar-refractivity contribution in [3.8, 4) is 17.6 Å². The van der Waals surface area contributed by atoms with Crippen molar-refractivity contribution in [3.05, 3.63) is 53.9 Å². The number of allylic oxidation sites excluding steroid dienone is 1. The number of fused-ring (bicyclic) bond motifs is 1. The number of carbonyl (C=O) groups excluding carboxylic acids is 1. The minimum Gasteiger partial charge on any atom is -0.490 e. The summed E-state index contributed by atoms with van der Waals surface area (Å²) < 4.78 is 11.5. The number of imidazole rings is 1. The van der Waals surface area contributed by atoms with Crippen LogP contribution in [0.25, 0.3) is 22.7 Å². The molecule has 1 amide bonds. The van der Waals surface area contributed by atoms with Crippen LogP contribution in [0.2, 0.25) is 0 Å². The van der Waals surface area contributed by atoms with Gasteiger partial charge in [0.1, 0.15) is 11.9 Å². The van der Waals surface area contributed by atoms with Crippen molar-refractivity contribution in [1.82, 2.24) is 14.9 Å². The first-order chi connectivity index (χ1) is 14.4. The number of amides is 1. The molecule has 1 atom stereocenters. The Morgan fingerprint density at radius 2 is 2.03 bits per heavy atom. The van der Waals surface area contributed by atoms with Crippen molar-refractivity contribution < 1.29 is 14.3 Å². The van der Waals surface area contributed by atoms with Gasteiger partial charge in [-0.3, -0.25) is 4.79 Å². The Morgan fingerprint density at radius 1 is 1.27 bits per heavy atom. The molecule has 0 bridgehead atoms. The van der Waals surface area contributed by atoms with Crippen LogP contribution in [0.15, 0.2) is 42.5 Å². The molecule has 0 spiro atoms. The summed E-state index contributed by atoms with van der Waals surface area (Å²) >= 11 is 0. The number of aromatic amines is 1. The van der Waals surface area contributed by atoms with Crippen LogP contribution < -0.4 is 9.47 Å². The Balaban J connectivity index is 1.92. The molecule has 3 aromatic rings. The molecule has 1 heterocycles. The number of benzene rings is 2. The molecule has 0 saturated heterocycles. The lowest BCUT2D eigenvalue weighted by Gasteiger charge is -2.20. The first-order valence-electron chi connectivity index (χ1n) is 9.64. The molecule has 7 nitrogen and oxygen atoms in total. The zero-order valence-electron chi connectivity index (χ0n) is 17.5. The third-order valence-corrected chi connectivity index (χ3v) is 4.44. The summed E-state index contributed by atoms with van der Waals surface area (Å²) in [5.41, 5.74) is 2.83. The zero-order chi connectivity index (χ0) is 21.7. The maximum absolute atomic E-state index is 12.1. The summed E-state index contributed by atoms with van der Waals surface area (Å²) in [6, 6.07) is 15.1. The van der Waals surface area contributed by atoms with Crippen molar-refractivity contribution in [2.24, 2.45) is 0 Å². The summed E-state index contributed by atoms with van der Waals surface area (Å²) in [5.74, 6) is 1.34. The van der Waals surface area contributed by atoms with Crippen LogP contribution in [0.4, 0.5) is 0 Å². The van der Waals surface area contributed by atoms with Gasteiger partial charge in [0.2, 0.25) is 0 Å². The van der Waals surface area contributed by atoms with Crippen LogP contribution in [0.5, 0.6) is 11.5 Å². The second-order valence-corrected chi connectivity index (χ2v) is 6.90. The molecule has 7 heteroatoms. The summed E-state index contributed by atoms with van der Waals surface area (Å²) in [5, 5.41) is 9.65. The Kier molecular flexibility index (Phi) is 6.38. The summed E-state index contributed by atoms with van der Waals surface area (Å²) in [6.45, 7) is 4.01. The number of rotatable bonds is 7. The molecule has 0 aliphatic rings. The summed E-state index contributed by atoms with van der Waals surface area (Å²) in [7, 11) is 3.36. The monoisotopic (exact) mass is 404 g/mol. The molecule has 0 radical (unpaired) electrons. The molecule has 0 saturated carbocycles. The van der Waals surface area contributed by atoms with E-state index in [1.165, 1.54) is 4.90 Å². The van der Waals surface area contributed by atoms with Gasteiger partial charge in [0.25, 0.3) is 5.91 Å². The van der Waals surface area contributed by atoms with Gasteiger partial charge in [-0.05, 0) is 49.8 Å². The average Bonchev–Trinajstić information content (AvgIpc) is 3.17. The predicted octanol–water partition coefficient (Wildman–Crippen LogP) is 3.88. The third kappa shape index (κ3) is 4.61. The smallest absolute Gasteiger partial charge is 0.262 e. The average molecular weight is 404 g/mol. The fourth-order valence-electron chi connectivity index (χ4n) is 2.99. The van der Waals surface area contributed by atoms with Gasteiger partial charge in [0.05, 0.1) is 23.2 Å². The van der Waals surface area contributed by atoms with E-state index in [4.69, 9.17) is 9.47 Å². The maximum atomic E-state index is 12.1. The van der Waals surface area contributed by atoms with Gasteiger partial charge >= 0.3 is 0 Å². The summed E-state index contributed by atoms with van der Waals surface area (Å²) in [6.07, 6.45) is 1.09. The predicted molar refractivity (Wildman–Crippen MR) is 116 cm³/mol. The van der Waals surface area contributed by atoms with Crippen LogP contribution in [0, 0.1) is 11.3 Å². The number of nitrogens with one attached hydrogen (secondary N) is 1. The number of nitrogens with zero attached hydrogens (tertiary/aromatic N) is 3. The van der Waals surface area contributed by atoms with Crippen molar-refractivity contribution in [2.75, 3.05) is 20.7 Å². The number of likely N-dealkylation sites (N-methyl/N-ethyl adjacent to an activating group) is 1. The van der Waals surface area contributed by atoms with Crippen LogP contribution in [-0.4, -0.2) is 47.6 Å². The molecule has 0 aliphatic heterocycles. The number of H-pyrrole nitrogens is 1. The van der Waals surface area contributed by atoms with Gasteiger partial charge < -0.3 is 19.4 Å².